The molecule has 0 fully saturated rings. The van der Waals surface area contributed by atoms with Gasteiger partial charge in [-0.05, 0) is 47.1 Å². The molecule has 2 aromatic carbocycles. The highest BCUT2D eigenvalue weighted by Crippen LogP contribution is 2.36. The standard InChI is InChI=1S/C15H12BrClFNO2/c1-8-3-4-12(18)10(5-8)15(20)19-13-7-9(17)6-11(16)14(13)21-2/h3-7H,1-2H3,(H,19,20). The van der Waals surface area contributed by atoms with Crippen LogP contribution in [0.3, 0.4) is 0 Å². The first-order chi connectivity index (χ1) is 9.92. The normalized spacial score (nSPS) is 10.3. The summed E-state index contributed by atoms with van der Waals surface area (Å²) in [5.74, 6) is -0.734. The summed E-state index contributed by atoms with van der Waals surface area (Å²) >= 11 is 9.25. The lowest BCUT2D eigenvalue weighted by Crippen LogP contribution is -2.14. The minimum absolute atomic E-state index is 0.0341. The summed E-state index contributed by atoms with van der Waals surface area (Å²) in [7, 11) is 1.47. The fourth-order valence-electron chi connectivity index (χ4n) is 1.86. The van der Waals surface area contributed by atoms with E-state index < -0.39 is 11.7 Å². The molecule has 21 heavy (non-hydrogen) atoms. The number of benzene rings is 2. The number of amides is 1. The van der Waals surface area contributed by atoms with E-state index >= 15 is 0 Å². The number of ether oxygens (including phenoxy) is 1. The molecule has 0 saturated carbocycles. The fraction of sp³-hybridized carbons (Fsp3) is 0.133. The number of carbonyl (C=O) groups excluding carboxylic acids is 1. The maximum absolute atomic E-state index is 13.7. The number of hydrogen-bond acceptors (Lipinski definition) is 2. The topological polar surface area (TPSA) is 38.3 Å². The van der Waals surface area contributed by atoms with Crippen LogP contribution in [0.4, 0.5) is 10.1 Å². The van der Waals surface area contributed by atoms with Crippen molar-refractivity contribution in [3.8, 4) is 5.75 Å². The van der Waals surface area contributed by atoms with E-state index in [1.807, 2.05) is 0 Å². The second kappa shape index (κ2) is 6.45. The van der Waals surface area contributed by atoms with Crippen molar-refractivity contribution in [2.45, 2.75) is 6.92 Å². The zero-order valence-corrected chi connectivity index (χ0v) is 13.7. The van der Waals surface area contributed by atoms with Gasteiger partial charge in [-0.1, -0.05) is 23.2 Å². The Kier molecular flexibility index (Phi) is 4.85. The van der Waals surface area contributed by atoms with Crippen LogP contribution >= 0.6 is 27.5 Å². The summed E-state index contributed by atoms with van der Waals surface area (Å²) in [6.07, 6.45) is 0. The summed E-state index contributed by atoms with van der Waals surface area (Å²) in [5.41, 5.74) is 1.12. The van der Waals surface area contributed by atoms with Crippen molar-refractivity contribution in [3.05, 3.63) is 56.8 Å². The van der Waals surface area contributed by atoms with Gasteiger partial charge in [-0.25, -0.2) is 4.39 Å². The molecule has 0 bridgehead atoms. The van der Waals surface area contributed by atoms with Crippen molar-refractivity contribution in [2.75, 3.05) is 12.4 Å². The van der Waals surface area contributed by atoms with Crippen LogP contribution in [0.1, 0.15) is 15.9 Å². The zero-order chi connectivity index (χ0) is 15.6. The van der Waals surface area contributed by atoms with Crippen LogP contribution in [0.15, 0.2) is 34.8 Å². The molecule has 0 radical (unpaired) electrons. The zero-order valence-electron chi connectivity index (χ0n) is 11.3. The van der Waals surface area contributed by atoms with Gasteiger partial charge in [0.2, 0.25) is 0 Å². The molecular weight excluding hydrogens is 361 g/mol. The SMILES string of the molecule is COc1c(Br)cc(Cl)cc1NC(=O)c1cc(C)ccc1F. The van der Waals surface area contributed by atoms with Crippen molar-refractivity contribution >= 4 is 39.1 Å². The molecule has 0 aliphatic rings. The Morgan fingerprint density at radius 1 is 1.33 bits per heavy atom. The van der Waals surface area contributed by atoms with Gasteiger partial charge in [-0.3, -0.25) is 4.79 Å². The van der Waals surface area contributed by atoms with Crippen molar-refractivity contribution in [1.29, 1.82) is 0 Å². The van der Waals surface area contributed by atoms with Crippen molar-refractivity contribution in [2.24, 2.45) is 0 Å². The number of aryl methyl sites for hydroxylation is 1. The molecule has 3 nitrogen and oxygen atoms in total. The lowest BCUT2D eigenvalue weighted by atomic mass is 10.1. The molecule has 0 saturated heterocycles. The van der Waals surface area contributed by atoms with E-state index in [0.29, 0.717) is 20.9 Å². The Morgan fingerprint density at radius 2 is 2.05 bits per heavy atom. The minimum atomic E-state index is -0.585. The molecule has 110 valence electrons. The van der Waals surface area contributed by atoms with E-state index in [4.69, 9.17) is 16.3 Å². The van der Waals surface area contributed by atoms with Gasteiger partial charge in [0.25, 0.3) is 5.91 Å². The summed E-state index contributed by atoms with van der Waals surface area (Å²) in [6, 6.07) is 7.52. The van der Waals surface area contributed by atoms with Gasteiger partial charge >= 0.3 is 0 Å². The van der Waals surface area contributed by atoms with Crippen molar-refractivity contribution in [1.82, 2.24) is 0 Å². The Balaban J connectivity index is 2.38. The summed E-state index contributed by atoms with van der Waals surface area (Å²) in [4.78, 5) is 12.2. The minimum Gasteiger partial charge on any atom is -0.493 e. The molecule has 2 rings (SSSR count). The third-order valence-electron chi connectivity index (χ3n) is 2.83. The smallest absolute Gasteiger partial charge is 0.258 e. The fourth-order valence-corrected chi connectivity index (χ4v) is 2.84. The van der Waals surface area contributed by atoms with Crippen LogP contribution < -0.4 is 10.1 Å². The summed E-state index contributed by atoms with van der Waals surface area (Å²) in [5, 5.41) is 3.03. The number of hydrogen-bond donors (Lipinski definition) is 1. The van der Waals surface area contributed by atoms with E-state index in [1.54, 1.807) is 19.1 Å². The number of methoxy groups -OCH3 is 1. The molecular formula is C15H12BrClFNO2. The summed E-state index contributed by atoms with van der Waals surface area (Å²) < 4.78 is 19.5. The van der Waals surface area contributed by atoms with E-state index in [2.05, 4.69) is 21.2 Å². The highest BCUT2D eigenvalue weighted by atomic mass is 79.9. The Labute approximate surface area is 135 Å². The molecule has 1 amide bonds. The van der Waals surface area contributed by atoms with Crippen LogP contribution in [0.2, 0.25) is 5.02 Å². The van der Waals surface area contributed by atoms with Gasteiger partial charge in [0, 0.05) is 5.02 Å². The Bertz CT molecular complexity index is 706. The lowest BCUT2D eigenvalue weighted by Gasteiger charge is -2.13. The third kappa shape index (κ3) is 3.54. The van der Waals surface area contributed by atoms with Gasteiger partial charge < -0.3 is 10.1 Å². The molecule has 0 unspecified atom stereocenters. The monoisotopic (exact) mass is 371 g/mol. The maximum atomic E-state index is 13.7. The number of nitrogens with one attached hydrogen (secondary N) is 1. The molecule has 2 aromatic rings. The highest BCUT2D eigenvalue weighted by Gasteiger charge is 2.16. The molecule has 0 aliphatic heterocycles. The van der Waals surface area contributed by atoms with Crippen LogP contribution in [0.25, 0.3) is 0 Å². The van der Waals surface area contributed by atoms with Crippen LogP contribution in [0, 0.1) is 12.7 Å². The quantitative estimate of drug-likeness (QED) is 0.839. The molecule has 6 heteroatoms. The largest absolute Gasteiger partial charge is 0.493 e. The number of rotatable bonds is 3. The van der Waals surface area contributed by atoms with E-state index in [9.17, 15) is 9.18 Å². The predicted molar refractivity (Wildman–Crippen MR) is 84.8 cm³/mol. The molecule has 0 aliphatic carbocycles. The van der Waals surface area contributed by atoms with Gasteiger partial charge in [0.15, 0.2) is 5.75 Å². The first-order valence-electron chi connectivity index (χ1n) is 6.03. The Hall–Kier alpha value is -1.59. The average molecular weight is 373 g/mol. The van der Waals surface area contributed by atoms with Gasteiger partial charge in [-0.15, -0.1) is 0 Å². The average Bonchev–Trinajstić information content (AvgIpc) is 2.41. The second-order valence-electron chi connectivity index (χ2n) is 4.41. The predicted octanol–water partition coefficient (Wildman–Crippen LogP) is 4.81. The molecule has 1 N–H and O–H groups in total. The van der Waals surface area contributed by atoms with Crippen molar-refractivity contribution < 1.29 is 13.9 Å². The van der Waals surface area contributed by atoms with Crippen LogP contribution in [0.5, 0.6) is 5.75 Å². The molecule has 0 aromatic heterocycles. The lowest BCUT2D eigenvalue weighted by molar-refractivity contribution is 0.102. The first kappa shape index (κ1) is 15.8. The number of carbonyl (C=O) groups is 1. The maximum Gasteiger partial charge on any atom is 0.258 e. The van der Waals surface area contributed by atoms with Crippen LogP contribution in [-0.2, 0) is 0 Å². The molecule has 0 heterocycles. The van der Waals surface area contributed by atoms with Crippen molar-refractivity contribution in [3.63, 3.8) is 0 Å². The van der Waals surface area contributed by atoms with Gasteiger partial charge in [0.1, 0.15) is 5.82 Å². The van der Waals surface area contributed by atoms with E-state index in [-0.39, 0.29) is 5.56 Å². The second-order valence-corrected chi connectivity index (χ2v) is 5.70. The third-order valence-corrected chi connectivity index (χ3v) is 3.63. The number of anilines is 1. The van der Waals surface area contributed by atoms with Crippen LogP contribution in [-0.4, -0.2) is 13.0 Å². The highest BCUT2D eigenvalue weighted by molar-refractivity contribution is 9.10. The van der Waals surface area contributed by atoms with Gasteiger partial charge in [-0.2, -0.15) is 0 Å². The van der Waals surface area contributed by atoms with Gasteiger partial charge in [0.05, 0.1) is 22.8 Å². The number of halogens is 3. The first-order valence-corrected chi connectivity index (χ1v) is 7.20. The molecule has 0 spiro atoms. The molecule has 0 atom stereocenters. The summed E-state index contributed by atoms with van der Waals surface area (Å²) in [6.45, 7) is 1.78. The van der Waals surface area contributed by atoms with E-state index in [1.165, 1.54) is 25.3 Å². The Morgan fingerprint density at radius 3 is 2.71 bits per heavy atom. The van der Waals surface area contributed by atoms with E-state index in [0.717, 1.165) is 5.56 Å².